The van der Waals surface area contributed by atoms with Gasteiger partial charge in [0.2, 0.25) is 11.6 Å². The Morgan fingerprint density at radius 1 is 0.821 bits per heavy atom. The largest absolute Gasteiger partial charge is 0.504 e. The molecule has 7 nitrogen and oxygen atoms in total. The van der Waals surface area contributed by atoms with E-state index in [1.807, 2.05) is 0 Å². The van der Waals surface area contributed by atoms with Gasteiger partial charge in [0.25, 0.3) is 0 Å². The molecule has 0 unspecified atom stereocenters. The molecule has 0 bridgehead atoms. The molecular weight excluding hydrogens is 362 g/mol. The Labute approximate surface area is 161 Å². The SMILES string of the molecule is COc1cc(/C=C/C(=O)C(=N)C(=O)/C=C/c2ccc(O)c(OC)c2)ccc1O. The molecule has 0 saturated carbocycles. The van der Waals surface area contributed by atoms with E-state index in [4.69, 9.17) is 14.9 Å². The maximum atomic E-state index is 12.0. The fourth-order valence-electron chi connectivity index (χ4n) is 2.23. The number of allylic oxidation sites excluding steroid dienone is 2. The third kappa shape index (κ3) is 5.07. The molecule has 0 saturated heterocycles. The van der Waals surface area contributed by atoms with Gasteiger partial charge in [-0.2, -0.15) is 0 Å². The second-order valence-electron chi connectivity index (χ2n) is 5.63. The Hall–Kier alpha value is -3.87. The molecule has 0 aliphatic carbocycles. The number of phenolic OH excluding ortho intramolecular Hbond substituents is 2. The van der Waals surface area contributed by atoms with E-state index in [1.54, 1.807) is 12.1 Å². The van der Waals surface area contributed by atoms with E-state index in [9.17, 15) is 19.8 Å². The Bertz CT molecular complexity index is 897. The van der Waals surface area contributed by atoms with Gasteiger partial charge < -0.3 is 19.7 Å². The number of carbonyl (C=O) groups excluding carboxylic acids is 2. The third-order valence-corrected chi connectivity index (χ3v) is 3.75. The van der Waals surface area contributed by atoms with Crippen molar-refractivity contribution < 1.29 is 29.3 Å². The van der Waals surface area contributed by atoms with E-state index < -0.39 is 17.3 Å². The standard InChI is InChI=1S/C21H19NO6/c1-27-19-11-13(3-7-15(19)23)5-9-17(25)21(22)18(26)10-6-14-4-8-16(24)20(12-14)28-2/h3-12,22-24H,1-2H3/b9-5+,10-6+. The molecule has 0 heterocycles. The highest BCUT2D eigenvalue weighted by atomic mass is 16.5. The molecule has 2 aromatic carbocycles. The van der Waals surface area contributed by atoms with E-state index in [2.05, 4.69) is 0 Å². The van der Waals surface area contributed by atoms with Crippen molar-refractivity contribution in [2.45, 2.75) is 0 Å². The van der Waals surface area contributed by atoms with Crippen LogP contribution < -0.4 is 9.47 Å². The molecule has 2 aromatic rings. The predicted molar refractivity (Wildman–Crippen MR) is 105 cm³/mol. The van der Waals surface area contributed by atoms with Crippen LogP contribution >= 0.6 is 0 Å². The van der Waals surface area contributed by atoms with Gasteiger partial charge in [-0.25, -0.2) is 0 Å². The zero-order valence-electron chi connectivity index (χ0n) is 15.3. The second kappa shape index (κ2) is 9.18. The Morgan fingerprint density at radius 3 is 1.57 bits per heavy atom. The van der Waals surface area contributed by atoms with Crippen molar-refractivity contribution in [3.05, 3.63) is 59.7 Å². The van der Waals surface area contributed by atoms with Crippen LogP contribution in [0.5, 0.6) is 23.0 Å². The van der Waals surface area contributed by atoms with Crippen LogP contribution in [0, 0.1) is 5.41 Å². The average Bonchev–Trinajstić information content (AvgIpc) is 2.71. The summed E-state index contributed by atoms with van der Waals surface area (Å²) in [7, 11) is 2.80. The lowest BCUT2D eigenvalue weighted by molar-refractivity contribution is -0.112. The smallest absolute Gasteiger partial charge is 0.207 e. The average molecular weight is 381 g/mol. The third-order valence-electron chi connectivity index (χ3n) is 3.75. The maximum absolute atomic E-state index is 12.0. The minimum absolute atomic E-state index is 0.0371. The quantitative estimate of drug-likeness (QED) is 0.368. The van der Waals surface area contributed by atoms with Gasteiger partial charge in [0.05, 0.1) is 14.2 Å². The van der Waals surface area contributed by atoms with Gasteiger partial charge in [-0.15, -0.1) is 0 Å². The normalized spacial score (nSPS) is 10.9. The van der Waals surface area contributed by atoms with Crippen LogP contribution in [0.3, 0.4) is 0 Å². The summed E-state index contributed by atoms with van der Waals surface area (Å²) in [5, 5.41) is 26.8. The number of nitrogens with one attached hydrogen (secondary N) is 1. The number of carbonyl (C=O) groups is 2. The van der Waals surface area contributed by atoms with Crippen LogP contribution in [0.1, 0.15) is 11.1 Å². The van der Waals surface area contributed by atoms with Crippen molar-refractivity contribution >= 4 is 29.4 Å². The fraction of sp³-hybridized carbons (Fsp3) is 0.0952. The van der Waals surface area contributed by atoms with Crippen LogP contribution in [-0.4, -0.2) is 41.7 Å². The van der Waals surface area contributed by atoms with Crippen molar-refractivity contribution in [2.24, 2.45) is 0 Å². The number of ketones is 2. The summed E-state index contributed by atoms with van der Waals surface area (Å²) in [6.07, 6.45) is 5.04. The van der Waals surface area contributed by atoms with Gasteiger partial charge in [-0.05, 0) is 47.5 Å². The van der Waals surface area contributed by atoms with Crippen LogP contribution in [0.2, 0.25) is 0 Å². The molecule has 0 aliphatic heterocycles. The highest BCUT2D eigenvalue weighted by Crippen LogP contribution is 2.27. The first-order valence-electron chi connectivity index (χ1n) is 8.13. The van der Waals surface area contributed by atoms with Crippen molar-refractivity contribution in [1.29, 1.82) is 5.41 Å². The summed E-state index contributed by atoms with van der Waals surface area (Å²) in [4.78, 5) is 24.1. The van der Waals surface area contributed by atoms with Gasteiger partial charge in [0, 0.05) is 0 Å². The van der Waals surface area contributed by atoms with Crippen molar-refractivity contribution in [2.75, 3.05) is 14.2 Å². The summed E-state index contributed by atoms with van der Waals surface area (Å²) in [6.45, 7) is 0. The second-order valence-corrected chi connectivity index (χ2v) is 5.63. The first kappa shape index (κ1) is 20.4. The molecule has 0 spiro atoms. The summed E-state index contributed by atoms with van der Waals surface area (Å²) in [5.41, 5.74) is 0.439. The summed E-state index contributed by atoms with van der Waals surface area (Å²) in [6, 6.07) is 8.98. The topological polar surface area (TPSA) is 117 Å². The number of ether oxygens (including phenoxy) is 2. The van der Waals surface area contributed by atoms with Gasteiger partial charge in [0.15, 0.2) is 23.0 Å². The van der Waals surface area contributed by atoms with E-state index in [0.717, 1.165) is 12.2 Å². The summed E-state index contributed by atoms with van der Waals surface area (Å²) in [5.74, 6) is -1.11. The lowest BCUT2D eigenvalue weighted by Gasteiger charge is -2.03. The summed E-state index contributed by atoms with van der Waals surface area (Å²) >= 11 is 0. The highest BCUT2D eigenvalue weighted by Gasteiger charge is 2.13. The predicted octanol–water partition coefficient (Wildman–Crippen LogP) is 3.00. The number of benzene rings is 2. The number of rotatable bonds is 8. The maximum Gasteiger partial charge on any atom is 0.207 e. The molecule has 0 aliphatic rings. The van der Waals surface area contributed by atoms with Crippen LogP contribution in [-0.2, 0) is 9.59 Å². The van der Waals surface area contributed by atoms with Crippen LogP contribution in [0.4, 0.5) is 0 Å². The molecule has 0 atom stereocenters. The monoisotopic (exact) mass is 381 g/mol. The highest BCUT2D eigenvalue weighted by molar-refractivity contribution is 6.69. The van der Waals surface area contributed by atoms with Gasteiger partial charge >= 0.3 is 0 Å². The summed E-state index contributed by atoms with van der Waals surface area (Å²) < 4.78 is 9.95. The van der Waals surface area contributed by atoms with E-state index >= 15 is 0 Å². The zero-order chi connectivity index (χ0) is 20.7. The van der Waals surface area contributed by atoms with Crippen LogP contribution in [0.25, 0.3) is 12.2 Å². The molecule has 28 heavy (non-hydrogen) atoms. The Morgan fingerprint density at radius 2 is 1.21 bits per heavy atom. The number of phenols is 2. The zero-order valence-corrected chi connectivity index (χ0v) is 15.3. The number of hydrogen-bond donors (Lipinski definition) is 3. The van der Waals surface area contributed by atoms with E-state index in [-0.39, 0.29) is 23.0 Å². The van der Waals surface area contributed by atoms with Gasteiger partial charge in [-0.1, -0.05) is 24.3 Å². The Balaban J connectivity index is 2.06. The first-order valence-corrected chi connectivity index (χ1v) is 8.13. The molecule has 2 rings (SSSR count). The molecule has 7 heteroatoms. The molecule has 3 N–H and O–H groups in total. The lowest BCUT2D eigenvalue weighted by atomic mass is 10.1. The molecular formula is C21H19NO6. The minimum atomic E-state index is -0.759. The molecule has 0 amide bonds. The van der Waals surface area contributed by atoms with E-state index in [1.165, 1.54) is 50.6 Å². The molecule has 0 aromatic heterocycles. The van der Waals surface area contributed by atoms with Crippen molar-refractivity contribution in [3.8, 4) is 23.0 Å². The minimum Gasteiger partial charge on any atom is -0.504 e. The lowest BCUT2D eigenvalue weighted by Crippen LogP contribution is -2.19. The Kier molecular flexibility index (Phi) is 6.70. The molecule has 0 fully saturated rings. The van der Waals surface area contributed by atoms with Crippen LogP contribution in [0.15, 0.2) is 48.6 Å². The van der Waals surface area contributed by atoms with Crippen molar-refractivity contribution in [1.82, 2.24) is 0 Å². The number of methoxy groups -OCH3 is 2. The molecule has 0 radical (unpaired) electrons. The molecule has 144 valence electrons. The number of aromatic hydroxyl groups is 2. The number of hydrogen-bond acceptors (Lipinski definition) is 7. The van der Waals surface area contributed by atoms with E-state index in [0.29, 0.717) is 11.1 Å². The van der Waals surface area contributed by atoms with Gasteiger partial charge in [0.1, 0.15) is 5.71 Å². The first-order chi connectivity index (χ1) is 13.3. The van der Waals surface area contributed by atoms with Gasteiger partial charge in [-0.3, -0.25) is 15.0 Å². The fourth-order valence-corrected chi connectivity index (χ4v) is 2.23. The van der Waals surface area contributed by atoms with Crippen molar-refractivity contribution in [3.63, 3.8) is 0 Å².